The largest absolute Gasteiger partial charge is 0.389 e. The lowest BCUT2D eigenvalue weighted by molar-refractivity contribution is 0.0609. The van der Waals surface area contributed by atoms with Crippen LogP contribution in [-0.4, -0.2) is 47.2 Å². The number of aliphatic hydroxyl groups is 1. The molecule has 118 valence electrons. The molecule has 0 bridgehead atoms. The van der Waals surface area contributed by atoms with Gasteiger partial charge < -0.3 is 15.2 Å². The molecule has 0 aliphatic rings. The molecule has 1 aromatic carbocycles. The van der Waals surface area contributed by atoms with Gasteiger partial charge in [0.25, 0.3) is 5.91 Å². The molecule has 7 heteroatoms. The summed E-state index contributed by atoms with van der Waals surface area (Å²) in [6.07, 6.45) is 0.740. The molecule has 0 saturated heterocycles. The second-order valence-electron chi connectivity index (χ2n) is 4.83. The van der Waals surface area contributed by atoms with Crippen LogP contribution in [0.5, 0.6) is 0 Å². The van der Waals surface area contributed by atoms with E-state index in [4.69, 9.17) is 16.3 Å². The van der Waals surface area contributed by atoms with E-state index in [9.17, 15) is 9.90 Å². The Hall–Kier alpha value is -1.89. The quantitative estimate of drug-likeness (QED) is 0.846. The predicted octanol–water partition coefficient (Wildman–Crippen LogP) is 1.57. The summed E-state index contributed by atoms with van der Waals surface area (Å²) >= 11 is 6.15. The number of carbonyl (C=O) groups is 1. The zero-order valence-electron chi connectivity index (χ0n) is 12.4. The first kappa shape index (κ1) is 16.5. The minimum absolute atomic E-state index is 0.114. The van der Waals surface area contributed by atoms with Gasteiger partial charge in [0, 0.05) is 13.7 Å². The molecule has 2 aromatic rings. The highest BCUT2D eigenvalue weighted by Crippen LogP contribution is 2.21. The highest BCUT2D eigenvalue weighted by atomic mass is 35.5. The van der Waals surface area contributed by atoms with Gasteiger partial charge in [0.1, 0.15) is 0 Å². The van der Waals surface area contributed by atoms with Crippen LogP contribution in [0.3, 0.4) is 0 Å². The Kier molecular flexibility index (Phi) is 5.54. The maximum Gasteiger partial charge on any atom is 0.254 e. The average molecular weight is 324 g/mol. The molecule has 2 rings (SSSR count). The molecule has 0 aliphatic carbocycles. The van der Waals surface area contributed by atoms with Crippen LogP contribution in [0.4, 0.5) is 0 Å². The zero-order valence-corrected chi connectivity index (χ0v) is 13.2. The van der Waals surface area contributed by atoms with Gasteiger partial charge >= 0.3 is 0 Å². The number of halogens is 1. The van der Waals surface area contributed by atoms with Crippen molar-refractivity contribution in [3.8, 4) is 5.69 Å². The summed E-state index contributed by atoms with van der Waals surface area (Å²) in [6.45, 7) is 2.07. The number of aliphatic hydroxyl groups excluding tert-OH is 1. The Bertz CT molecular complexity index is 657. The molecule has 2 N–H and O–H groups in total. The number of nitrogens with zero attached hydrogens (tertiary/aromatic N) is 2. The molecule has 1 amide bonds. The first-order valence-corrected chi connectivity index (χ1v) is 7.17. The summed E-state index contributed by atoms with van der Waals surface area (Å²) in [6, 6.07) is 7.27. The second kappa shape index (κ2) is 7.40. The number of carbonyl (C=O) groups excluding carboxylic acids is 1. The Morgan fingerprint density at radius 3 is 2.91 bits per heavy atom. The van der Waals surface area contributed by atoms with E-state index in [1.807, 2.05) is 18.2 Å². The Balaban J connectivity index is 2.14. The van der Waals surface area contributed by atoms with Crippen LogP contribution in [-0.2, 0) is 4.74 Å². The van der Waals surface area contributed by atoms with Crippen LogP contribution in [0.1, 0.15) is 16.1 Å². The maximum atomic E-state index is 12.2. The van der Waals surface area contributed by atoms with Crippen molar-refractivity contribution in [3.63, 3.8) is 0 Å². The van der Waals surface area contributed by atoms with Crippen LogP contribution >= 0.6 is 11.6 Å². The summed E-state index contributed by atoms with van der Waals surface area (Å²) in [4.78, 5) is 12.2. The molecule has 6 nitrogen and oxygen atoms in total. The van der Waals surface area contributed by atoms with Crippen molar-refractivity contribution in [2.45, 2.75) is 13.0 Å². The van der Waals surface area contributed by atoms with E-state index in [1.165, 1.54) is 13.3 Å². The molecule has 1 aromatic heterocycles. The Morgan fingerprint density at radius 2 is 2.23 bits per heavy atom. The lowest BCUT2D eigenvalue weighted by Crippen LogP contribution is -2.34. The zero-order chi connectivity index (χ0) is 16.1. The number of ether oxygens (including phenoxy) is 1. The fourth-order valence-electron chi connectivity index (χ4n) is 2.06. The highest BCUT2D eigenvalue weighted by molar-refractivity contribution is 6.32. The van der Waals surface area contributed by atoms with E-state index >= 15 is 0 Å². The molecule has 1 unspecified atom stereocenters. The van der Waals surface area contributed by atoms with Gasteiger partial charge in [-0.15, -0.1) is 0 Å². The first-order valence-electron chi connectivity index (χ1n) is 6.79. The topological polar surface area (TPSA) is 76.4 Å². The van der Waals surface area contributed by atoms with E-state index in [0.29, 0.717) is 22.0 Å². The smallest absolute Gasteiger partial charge is 0.254 e. The van der Waals surface area contributed by atoms with Crippen LogP contribution in [0.2, 0.25) is 5.02 Å². The van der Waals surface area contributed by atoms with Crippen molar-refractivity contribution in [1.82, 2.24) is 15.1 Å². The predicted molar refractivity (Wildman–Crippen MR) is 83.5 cm³/mol. The van der Waals surface area contributed by atoms with Gasteiger partial charge in [-0.2, -0.15) is 5.10 Å². The number of methoxy groups -OCH3 is 1. The summed E-state index contributed by atoms with van der Waals surface area (Å²) in [5.74, 6) is -0.300. The standard InChI is InChI=1S/C15H18ClN3O3/c1-10-12(15(21)17-7-11(20)9-22-2)8-18-19(10)14-6-4-3-5-13(14)16/h3-6,8,11,20H,7,9H2,1-2H3,(H,17,21). The summed E-state index contributed by atoms with van der Waals surface area (Å²) in [5, 5.41) is 17.0. The number of hydrogen-bond acceptors (Lipinski definition) is 4. The van der Waals surface area contributed by atoms with Gasteiger partial charge in [0.15, 0.2) is 0 Å². The van der Waals surface area contributed by atoms with Crippen LogP contribution in [0.25, 0.3) is 5.69 Å². The van der Waals surface area contributed by atoms with E-state index in [2.05, 4.69) is 10.4 Å². The summed E-state index contributed by atoms with van der Waals surface area (Å²) in [5.41, 5.74) is 1.82. The lowest BCUT2D eigenvalue weighted by Gasteiger charge is -2.11. The number of para-hydroxylation sites is 1. The summed E-state index contributed by atoms with van der Waals surface area (Å²) < 4.78 is 6.42. The van der Waals surface area contributed by atoms with Gasteiger partial charge in [-0.25, -0.2) is 4.68 Å². The molecule has 1 atom stereocenters. The number of rotatable bonds is 6. The van der Waals surface area contributed by atoms with E-state index < -0.39 is 6.10 Å². The third kappa shape index (κ3) is 3.65. The van der Waals surface area contributed by atoms with Gasteiger partial charge in [-0.05, 0) is 19.1 Å². The number of nitrogens with one attached hydrogen (secondary N) is 1. The minimum Gasteiger partial charge on any atom is -0.389 e. The maximum absolute atomic E-state index is 12.2. The Morgan fingerprint density at radius 1 is 1.50 bits per heavy atom. The molecule has 0 spiro atoms. The van der Waals surface area contributed by atoms with Crippen molar-refractivity contribution in [2.75, 3.05) is 20.3 Å². The normalized spacial score (nSPS) is 12.2. The molecule has 0 radical (unpaired) electrons. The van der Waals surface area contributed by atoms with Gasteiger partial charge in [-0.3, -0.25) is 4.79 Å². The third-order valence-electron chi connectivity index (χ3n) is 3.19. The molecule has 1 heterocycles. The van der Waals surface area contributed by atoms with Gasteiger partial charge in [-0.1, -0.05) is 23.7 Å². The van der Waals surface area contributed by atoms with Crippen molar-refractivity contribution in [2.24, 2.45) is 0 Å². The number of aromatic nitrogens is 2. The third-order valence-corrected chi connectivity index (χ3v) is 3.51. The van der Waals surface area contributed by atoms with E-state index in [1.54, 1.807) is 17.7 Å². The fraction of sp³-hybridized carbons (Fsp3) is 0.333. The lowest BCUT2D eigenvalue weighted by atomic mass is 10.2. The molecular weight excluding hydrogens is 306 g/mol. The van der Waals surface area contributed by atoms with E-state index in [0.717, 1.165) is 0 Å². The summed E-state index contributed by atoms with van der Waals surface area (Å²) in [7, 11) is 1.49. The molecule has 22 heavy (non-hydrogen) atoms. The van der Waals surface area contributed by atoms with Crippen LogP contribution in [0, 0.1) is 6.92 Å². The number of amides is 1. The van der Waals surface area contributed by atoms with Crippen molar-refractivity contribution in [1.29, 1.82) is 0 Å². The Labute approximate surface area is 133 Å². The fourth-order valence-corrected chi connectivity index (χ4v) is 2.27. The molecule has 0 saturated carbocycles. The van der Waals surface area contributed by atoms with Crippen molar-refractivity contribution >= 4 is 17.5 Å². The van der Waals surface area contributed by atoms with Crippen LogP contribution < -0.4 is 5.32 Å². The molecule has 0 fully saturated rings. The van der Waals surface area contributed by atoms with Crippen molar-refractivity contribution < 1.29 is 14.6 Å². The van der Waals surface area contributed by atoms with E-state index in [-0.39, 0.29) is 19.1 Å². The van der Waals surface area contributed by atoms with Gasteiger partial charge in [0.05, 0.1) is 40.9 Å². The SMILES string of the molecule is COCC(O)CNC(=O)c1cnn(-c2ccccc2Cl)c1C. The average Bonchev–Trinajstić information content (AvgIpc) is 2.87. The number of benzene rings is 1. The van der Waals surface area contributed by atoms with Crippen molar-refractivity contribution in [3.05, 3.63) is 46.7 Å². The monoisotopic (exact) mass is 323 g/mol. The number of hydrogen-bond donors (Lipinski definition) is 2. The minimum atomic E-state index is -0.743. The second-order valence-corrected chi connectivity index (χ2v) is 5.23. The molecular formula is C15H18ClN3O3. The van der Waals surface area contributed by atoms with Gasteiger partial charge in [0.2, 0.25) is 0 Å². The van der Waals surface area contributed by atoms with Crippen LogP contribution in [0.15, 0.2) is 30.5 Å². The molecule has 0 aliphatic heterocycles. The first-order chi connectivity index (χ1) is 10.5. The highest BCUT2D eigenvalue weighted by Gasteiger charge is 2.17.